The lowest BCUT2D eigenvalue weighted by molar-refractivity contribution is -0.121. The second kappa shape index (κ2) is 9.82. The Hall–Kier alpha value is -3.19. The minimum Gasteiger partial charge on any atom is -0.339 e. The Morgan fingerprint density at radius 2 is 1.51 bits per heavy atom. The number of anilines is 1. The topological polar surface area (TPSA) is 83.6 Å². The van der Waals surface area contributed by atoms with Crippen molar-refractivity contribution in [2.45, 2.75) is 48.7 Å². The first-order valence-electron chi connectivity index (χ1n) is 12.4. The van der Waals surface area contributed by atoms with E-state index in [-0.39, 0.29) is 27.9 Å². The standard InChI is InChI=1S/C28H30N2O4S/c31-27(29-22-9-6-12-24(19-22)35(33,34)23-10-2-3-11-23)21-15-17-30(18-16-21)28(32)26-14-5-8-20-7-1-4-13-25(20)26/h1,4-9,12-14,19,21,23H,2-3,10-11,15-18H2,(H,29,31). The van der Waals surface area contributed by atoms with Crippen molar-refractivity contribution in [3.63, 3.8) is 0 Å². The third kappa shape index (κ3) is 4.82. The van der Waals surface area contributed by atoms with E-state index >= 15 is 0 Å². The highest BCUT2D eigenvalue weighted by atomic mass is 32.2. The van der Waals surface area contributed by atoms with E-state index in [9.17, 15) is 18.0 Å². The van der Waals surface area contributed by atoms with Gasteiger partial charge in [0, 0.05) is 30.3 Å². The van der Waals surface area contributed by atoms with Crippen LogP contribution in [-0.4, -0.2) is 43.5 Å². The van der Waals surface area contributed by atoms with Crippen LogP contribution in [0.1, 0.15) is 48.9 Å². The number of amides is 2. The fraction of sp³-hybridized carbons (Fsp3) is 0.357. The summed E-state index contributed by atoms with van der Waals surface area (Å²) >= 11 is 0. The van der Waals surface area contributed by atoms with Gasteiger partial charge >= 0.3 is 0 Å². The first kappa shape index (κ1) is 23.5. The van der Waals surface area contributed by atoms with Crippen molar-refractivity contribution in [2.24, 2.45) is 5.92 Å². The predicted octanol–water partition coefficient (Wildman–Crippen LogP) is 5.05. The molecule has 0 bridgehead atoms. The summed E-state index contributed by atoms with van der Waals surface area (Å²) in [5.74, 6) is -0.357. The molecule has 0 unspecified atom stereocenters. The first-order chi connectivity index (χ1) is 16.9. The van der Waals surface area contributed by atoms with Crippen molar-refractivity contribution in [3.05, 3.63) is 72.3 Å². The van der Waals surface area contributed by atoms with E-state index in [0.29, 0.717) is 50.0 Å². The normalized spacial score (nSPS) is 17.5. The number of rotatable bonds is 5. The number of benzene rings is 3. The first-order valence-corrected chi connectivity index (χ1v) is 13.9. The molecular weight excluding hydrogens is 460 g/mol. The number of likely N-dealkylation sites (tertiary alicyclic amines) is 1. The summed E-state index contributed by atoms with van der Waals surface area (Å²) < 4.78 is 25.8. The molecule has 0 radical (unpaired) electrons. The van der Waals surface area contributed by atoms with Crippen molar-refractivity contribution < 1.29 is 18.0 Å². The minimum atomic E-state index is -3.38. The maximum absolute atomic E-state index is 13.2. The number of nitrogens with one attached hydrogen (secondary N) is 1. The third-order valence-electron chi connectivity index (χ3n) is 7.34. The van der Waals surface area contributed by atoms with E-state index in [2.05, 4.69) is 5.32 Å². The second-order valence-electron chi connectivity index (χ2n) is 9.56. The van der Waals surface area contributed by atoms with E-state index < -0.39 is 9.84 Å². The molecule has 0 aromatic heterocycles. The lowest BCUT2D eigenvalue weighted by atomic mass is 9.94. The number of piperidine rings is 1. The fourth-order valence-electron chi connectivity index (χ4n) is 5.31. The molecule has 2 fully saturated rings. The lowest BCUT2D eigenvalue weighted by Gasteiger charge is -2.31. The Kier molecular flexibility index (Phi) is 6.60. The molecule has 0 spiro atoms. The van der Waals surface area contributed by atoms with Crippen LogP contribution in [-0.2, 0) is 14.6 Å². The average Bonchev–Trinajstić information content (AvgIpc) is 3.44. The lowest BCUT2D eigenvalue weighted by Crippen LogP contribution is -2.41. The van der Waals surface area contributed by atoms with Gasteiger partial charge in [-0.25, -0.2) is 8.42 Å². The maximum atomic E-state index is 13.2. The van der Waals surface area contributed by atoms with Gasteiger partial charge < -0.3 is 10.2 Å². The predicted molar refractivity (Wildman–Crippen MR) is 137 cm³/mol. The van der Waals surface area contributed by atoms with E-state index in [1.54, 1.807) is 24.3 Å². The summed E-state index contributed by atoms with van der Waals surface area (Å²) in [7, 11) is -3.38. The number of hydrogen-bond acceptors (Lipinski definition) is 4. The van der Waals surface area contributed by atoms with Crippen LogP contribution in [0, 0.1) is 5.92 Å². The molecule has 1 saturated heterocycles. The van der Waals surface area contributed by atoms with Crippen LogP contribution in [0.15, 0.2) is 71.6 Å². The molecule has 0 atom stereocenters. The Morgan fingerprint density at radius 1 is 0.829 bits per heavy atom. The molecule has 182 valence electrons. The highest BCUT2D eigenvalue weighted by Gasteiger charge is 2.31. The van der Waals surface area contributed by atoms with Gasteiger partial charge in [-0.15, -0.1) is 0 Å². The third-order valence-corrected chi connectivity index (χ3v) is 9.60. The van der Waals surface area contributed by atoms with Crippen LogP contribution < -0.4 is 5.32 Å². The second-order valence-corrected chi connectivity index (χ2v) is 11.8. The average molecular weight is 491 g/mol. The molecule has 1 heterocycles. The Balaban J connectivity index is 1.22. The van der Waals surface area contributed by atoms with Crippen LogP contribution in [0.3, 0.4) is 0 Å². The number of carbonyl (C=O) groups is 2. The molecule has 2 amide bonds. The minimum absolute atomic E-state index is 0.00882. The monoisotopic (exact) mass is 490 g/mol. The van der Waals surface area contributed by atoms with E-state index in [1.807, 2.05) is 47.4 Å². The molecule has 3 aromatic carbocycles. The highest BCUT2D eigenvalue weighted by molar-refractivity contribution is 7.92. The van der Waals surface area contributed by atoms with Gasteiger partial charge in [0.2, 0.25) is 5.91 Å². The van der Waals surface area contributed by atoms with E-state index in [1.165, 1.54) is 0 Å². The van der Waals surface area contributed by atoms with E-state index in [4.69, 9.17) is 0 Å². The molecule has 1 aliphatic heterocycles. The molecule has 5 rings (SSSR count). The zero-order valence-electron chi connectivity index (χ0n) is 19.7. The molecule has 2 aliphatic rings. The van der Waals surface area contributed by atoms with Gasteiger partial charge in [-0.3, -0.25) is 9.59 Å². The summed E-state index contributed by atoms with van der Waals surface area (Å²) in [5, 5.41) is 4.56. The van der Waals surface area contributed by atoms with Crippen molar-refractivity contribution in [3.8, 4) is 0 Å². The van der Waals surface area contributed by atoms with Crippen LogP contribution in [0.2, 0.25) is 0 Å². The number of carbonyl (C=O) groups excluding carboxylic acids is 2. The summed E-state index contributed by atoms with van der Waals surface area (Å²) in [5.41, 5.74) is 1.19. The number of sulfone groups is 1. The molecule has 7 heteroatoms. The van der Waals surface area contributed by atoms with E-state index in [0.717, 1.165) is 23.6 Å². The Labute approximate surface area is 206 Å². The van der Waals surface area contributed by atoms with Gasteiger partial charge in [-0.2, -0.15) is 0 Å². The van der Waals surface area contributed by atoms with Gasteiger partial charge in [0.25, 0.3) is 5.91 Å². The molecule has 1 saturated carbocycles. The van der Waals surface area contributed by atoms with Gasteiger partial charge in [-0.05, 0) is 60.7 Å². The molecule has 1 aliphatic carbocycles. The maximum Gasteiger partial charge on any atom is 0.254 e. The summed E-state index contributed by atoms with van der Waals surface area (Å²) in [6.07, 6.45) is 4.44. The Bertz CT molecular complexity index is 1350. The van der Waals surface area contributed by atoms with Crippen LogP contribution >= 0.6 is 0 Å². The molecular formula is C28H30N2O4S. The van der Waals surface area contributed by atoms with Crippen LogP contribution in [0.5, 0.6) is 0 Å². The largest absolute Gasteiger partial charge is 0.339 e. The van der Waals surface area contributed by atoms with Crippen molar-refractivity contribution in [1.82, 2.24) is 4.90 Å². The van der Waals surface area contributed by atoms with Crippen molar-refractivity contribution in [2.75, 3.05) is 18.4 Å². The summed E-state index contributed by atoms with van der Waals surface area (Å²) in [6.45, 7) is 1.02. The quantitative estimate of drug-likeness (QED) is 0.543. The highest BCUT2D eigenvalue weighted by Crippen LogP contribution is 2.31. The van der Waals surface area contributed by atoms with Gasteiger partial charge in [0.05, 0.1) is 10.1 Å². The fourth-order valence-corrected chi connectivity index (χ4v) is 7.21. The smallest absolute Gasteiger partial charge is 0.254 e. The number of hydrogen-bond donors (Lipinski definition) is 1. The number of fused-ring (bicyclic) bond motifs is 1. The van der Waals surface area contributed by atoms with Crippen molar-refractivity contribution in [1.29, 1.82) is 0 Å². The SMILES string of the molecule is O=C(Nc1cccc(S(=O)(=O)C2CCCC2)c1)C1CCN(C(=O)c2cccc3ccccc23)CC1. The van der Waals surface area contributed by atoms with Gasteiger partial charge in [-0.1, -0.05) is 55.3 Å². The molecule has 35 heavy (non-hydrogen) atoms. The number of nitrogens with zero attached hydrogens (tertiary/aromatic N) is 1. The molecule has 1 N–H and O–H groups in total. The molecule has 3 aromatic rings. The zero-order chi connectivity index (χ0) is 24.4. The van der Waals surface area contributed by atoms with Gasteiger partial charge in [0.15, 0.2) is 9.84 Å². The summed E-state index contributed by atoms with van der Waals surface area (Å²) in [6, 6.07) is 20.2. The van der Waals surface area contributed by atoms with Crippen molar-refractivity contribution >= 4 is 38.1 Å². The molecule has 6 nitrogen and oxygen atoms in total. The zero-order valence-corrected chi connectivity index (χ0v) is 20.5. The van der Waals surface area contributed by atoms with Crippen LogP contribution in [0.4, 0.5) is 5.69 Å². The summed E-state index contributed by atoms with van der Waals surface area (Å²) in [4.78, 5) is 28.2. The van der Waals surface area contributed by atoms with Crippen LogP contribution in [0.25, 0.3) is 10.8 Å². The van der Waals surface area contributed by atoms with Gasteiger partial charge in [0.1, 0.15) is 0 Å². The Morgan fingerprint density at radius 3 is 2.29 bits per heavy atom.